The van der Waals surface area contributed by atoms with Gasteiger partial charge in [0.15, 0.2) is 5.75 Å². The van der Waals surface area contributed by atoms with E-state index in [1.54, 1.807) is 0 Å². The molecule has 0 aliphatic rings. The Hall–Kier alpha value is -1.56. The summed E-state index contributed by atoms with van der Waals surface area (Å²) in [6, 6.07) is 15.8. The largest absolute Gasteiger partial charge is 0.412 e. The molecule has 2 aromatic carbocycles. The Kier molecular flexibility index (Phi) is 5.00. The molecule has 0 spiro atoms. The lowest BCUT2D eigenvalue weighted by molar-refractivity contribution is 0.197. The van der Waals surface area contributed by atoms with E-state index in [9.17, 15) is 4.79 Å². The third-order valence-electron chi connectivity index (χ3n) is 2.65. The minimum absolute atomic E-state index is 0.0454. The molecule has 20 heavy (non-hydrogen) atoms. The van der Waals surface area contributed by atoms with E-state index in [2.05, 4.69) is 27.9 Å². The number of nitrogens with one attached hydrogen (secondary N) is 1. The minimum atomic E-state index is -0.429. The molecular weight excluding hydrogens is 365 g/mol. The molecule has 0 saturated carbocycles. The second-order valence-electron chi connectivity index (χ2n) is 4.67. The second kappa shape index (κ2) is 6.74. The van der Waals surface area contributed by atoms with Gasteiger partial charge >= 0.3 is 6.09 Å². The number of hydrogen-bond acceptors (Lipinski definition) is 2. The highest BCUT2D eigenvalue weighted by atomic mass is 127. The average molecular weight is 381 g/mol. The van der Waals surface area contributed by atoms with Crippen molar-refractivity contribution in [1.29, 1.82) is 0 Å². The molecule has 0 atom stereocenters. The SMILES string of the molecule is CC(C)NC(=O)Oc1c(I)cccc1-c1ccccc1. The fourth-order valence-electron chi connectivity index (χ4n) is 1.82. The summed E-state index contributed by atoms with van der Waals surface area (Å²) in [5.41, 5.74) is 1.94. The Balaban J connectivity index is 2.35. The van der Waals surface area contributed by atoms with Crippen LogP contribution in [0.3, 0.4) is 0 Å². The monoisotopic (exact) mass is 381 g/mol. The Morgan fingerprint density at radius 2 is 1.80 bits per heavy atom. The van der Waals surface area contributed by atoms with Crippen LogP contribution in [0.2, 0.25) is 0 Å². The number of para-hydroxylation sites is 1. The molecular formula is C16H16INO2. The molecule has 0 bridgehead atoms. The van der Waals surface area contributed by atoms with E-state index in [1.807, 2.05) is 62.4 Å². The molecule has 0 unspecified atom stereocenters. The summed E-state index contributed by atoms with van der Waals surface area (Å²) in [6.07, 6.45) is -0.429. The fraction of sp³-hybridized carbons (Fsp3) is 0.188. The predicted octanol–water partition coefficient (Wildman–Crippen LogP) is 4.46. The molecule has 2 rings (SSSR count). The van der Waals surface area contributed by atoms with E-state index in [4.69, 9.17) is 4.74 Å². The zero-order valence-electron chi connectivity index (χ0n) is 11.4. The summed E-state index contributed by atoms with van der Waals surface area (Å²) in [5.74, 6) is 0.595. The van der Waals surface area contributed by atoms with Crippen LogP contribution < -0.4 is 10.1 Å². The first-order valence-corrected chi connectivity index (χ1v) is 7.48. The first-order valence-electron chi connectivity index (χ1n) is 6.40. The topological polar surface area (TPSA) is 38.3 Å². The van der Waals surface area contributed by atoms with Gasteiger partial charge in [-0.2, -0.15) is 0 Å². The number of rotatable bonds is 3. The highest BCUT2D eigenvalue weighted by Gasteiger charge is 2.14. The van der Waals surface area contributed by atoms with Crippen molar-refractivity contribution in [3.63, 3.8) is 0 Å². The Labute approximate surface area is 132 Å². The summed E-state index contributed by atoms with van der Waals surface area (Å²) >= 11 is 2.17. The zero-order chi connectivity index (χ0) is 14.5. The molecule has 104 valence electrons. The van der Waals surface area contributed by atoms with Crippen LogP contribution in [0.15, 0.2) is 48.5 Å². The smallest absolute Gasteiger partial charge is 0.409 e. The highest BCUT2D eigenvalue weighted by molar-refractivity contribution is 14.1. The Morgan fingerprint density at radius 3 is 2.45 bits per heavy atom. The van der Waals surface area contributed by atoms with Crippen molar-refractivity contribution in [2.24, 2.45) is 0 Å². The van der Waals surface area contributed by atoms with E-state index in [-0.39, 0.29) is 6.04 Å². The number of ether oxygens (including phenoxy) is 1. The van der Waals surface area contributed by atoms with Gasteiger partial charge in [0.25, 0.3) is 0 Å². The normalized spacial score (nSPS) is 10.4. The Bertz CT molecular complexity index is 597. The quantitative estimate of drug-likeness (QED) is 0.798. The summed E-state index contributed by atoms with van der Waals surface area (Å²) in [6.45, 7) is 3.80. The zero-order valence-corrected chi connectivity index (χ0v) is 13.5. The van der Waals surface area contributed by atoms with Crippen molar-refractivity contribution in [2.45, 2.75) is 19.9 Å². The van der Waals surface area contributed by atoms with Crippen molar-refractivity contribution in [2.75, 3.05) is 0 Å². The fourth-order valence-corrected chi connectivity index (χ4v) is 2.42. The van der Waals surface area contributed by atoms with Gasteiger partial charge in [-0.25, -0.2) is 4.79 Å². The molecule has 4 heteroatoms. The third kappa shape index (κ3) is 3.72. The number of carbonyl (C=O) groups is 1. The van der Waals surface area contributed by atoms with Crippen molar-refractivity contribution < 1.29 is 9.53 Å². The molecule has 3 nitrogen and oxygen atoms in total. The van der Waals surface area contributed by atoms with Crippen LogP contribution in [0, 0.1) is 3.57 Å². The Morgan fingerprint density at radius 1 is 1.10 bits per heavy atom. The van der Waals surface area contributed by atoms with Crippen LogP contribution in [-0.2, 0) is 0 Å². The first-order chi connectivity index (χ1) is 9.58. The van der Waals surface area contributed by atoms with Crippen LogP contribution >= 0.6 is 22.6 Å². The average Bonchev–Trinajstić information content (AvgIpc) is 2.41. The number of halogens is 1. The summed E-state index contributed by atoms with van der Waals surface area (Å²) in [4.78, 5) is 11.8. The lowest BCUT2D eigenvalue weighted by Gasteiger charge is -2.14. The van der Waals surface area contributed by atoms with Gasteiger partial charge in [0, 0.05) is 11.6 Å². The molecule has 0 radical (unpaired) electrons. The van der Waals surface area contributed by atoms with Gasteiger partial charge in [-0.3, -0.25) is 0 Å². The van der Waals surface area contributed by atoms with Gasteiger partial charge in [-0.1, -0.05) is 42.5 Å². The van der Waals surface area contributed by atoms with Gasteiger partial charge in [-0.15, -0.1) is 0 Å². The molecule has 0 aliphatic carbocycles. The van der Waals surface area contributed by atoms with Gasteiger partial charge < -0.3 is 10.1 Å². The predicted molar refractivity (Wildman–Crippen MR) is 88.9 cm³/mol. The van der Waals surface area contributed by atoms with Gasteiger partial charge in [0.05, 0.1) is 3.57 Å². The highest BCUT2D eigenvalue weighted by Crippen LogP contribution is 2.34. The lowest BCUT2D eigenvalue weighted by atomic mass is 10.1. The van der Waals surface area contributed by atoms with Crippen LogP contribution in [0.1, 0.15) is 13.8 Å². The number of amides is 1. The summed E-state index contributed by atoms with van der Waals surface area (Å²) in [7, 11) is 0. The van der Waals surface area contributed by atoms with Crippen molar-refractivity contribution in [3.8, 4) is 16.9 Å². The van der Waals surface area contributed by atoms with Crippen molar-refractivity contribution >= 4 is 28.7 Å². The van der Waals surface area contributed by atoms with Crippen molar-refractivity contribution in [3.05, 3.63) is 52.1 Å². The first kappa shape index (κ1) is 14.8. The third-order valence-corrected chi connectivity index (χ3v) is 3.50. The maximum absolute atomic E-state index is 11.8. The number of carbonyl (C=O) groups excluding carboxylic acids is 1. The molecule has 0 saturated heterocycles. The van der Waals surface area contributed by atoms with E-state index >= 15 is 0 Å². The van der Waals surface area contributed by atoms with Gasteiger partial charge in [0.2, 0.25) is 0 Å². The van der Waals surface area contributed by atoms with Crippen LogP contribution in [-0.4, -0.2) is 12.1 Å². The molecule has 0 aromatic heterocycles. The lowest BCUT2D eigenvalue weighted by Crippen LogP contribution is -2.33. The van der Waals surface area contributed by atoms with Gasteiger partial charge in [0.1, 0.15) is 0 Å². The summed E-state index contributed by atoms with van der Waals surface area (Å²) < 4.78 is 6.39. The maximum Gasteiger partial charge on any atom is 0.412 e. The van der Waals surface area contributed by atoms with E-state index < -0.39 is 6.09 Å². The standard InChI is InChI=1S/C16H16INO2/c1-11(2)18-16(19)20-15-13(9-6-10-14(15)17)12-7-4-3-5-8-12/h3-11H,1-2H3,(H,18,19). The molecule has 1 amide bonds. The second-order valence-corrected chi connectivity index (χ2v) is 5.83. The molecule has 0 aliphatic heterocycles. The van der Waals surface area contributed by atoms with E-state index in [1.165, 1.54) is 0 Å². The molecule has 0 heterocycles. The minimum Gasteiger partial charge on any atom is -0.409 e. The molecule has 0 fully saturated rings. The van der Waals surface area contributed by atoms with Crippen molar-refractivity contribution in [1.82, 2.24) is 5.32 Å². The van der Waals surface area contributed by atoms with Crippen LogP contribution in [0.5, 0.6) is 5.75 Å². The maximum atomic E-state index is 11.8. The van der Waals surface area contributed by atoms with Gasteiger partial charge in [-0.05, 0) is 48.1 Å². The van der Waals surface area contributed by atoms with Crippen LogP contribution in [0.4, 0.5) is 4.79 Å². The molecule has 1 N–H and O–H groups in total. The van der Waals surface area contributed by atoms with Crippen LogP contribution in [0.25, 0.3) is 11.1 Å². The summed E-state index contributed by atoms with van der Waals surface area (Å²) in [5, 5.41) is 2.73. The van der Waals surface area contributed by atoms with E-state index in [0.29, 0.717) is 5.75 Å². The number of hydrogen-bond donors (Lipinski definition) is 1. The van der Waals surface area contributed by atoms with E-state index in [0.717, 1.165) is 14.7 Å². The number of benzene rings is 2. The molecule has 2 aromatic rings.